The third kappa shape index (κ3) is 12.2. The minimum Gasteiger partial charge on any atom is -0.629 e. The Labute approximate surface area is 463 Å². The predicted octanol–water partition coefficient (Wildman–Crippen LogP) is 9.23. The number of hydrogen-bond donors (Lipinski definition) is 5. The fourth-order valence-corrected chi connectivity index (χ4v) is 13.4. The molecule has 2 aliphatic carbocycles. The number of halogens is 1. The number of nitrogens with one attached hydrogen (secondary N) is 4. The number of piperidine rings is 1. The zero-order valence-electron chi connectivity index (χ0n) is 46.5. The van der Waals surface area contributed by atoms with Gasteiger partial charge in [0.1, 0.15) is 27.9 Å². The molecule has 2 saturated carbocycles. The van der Waals surface area contributed by atoms with Gasteiger partial charge in [0.15, 0.2) is 17.3 Å². The van der Waals surface area contributed by atoms with Gasteiger partial charge in [-0.05, 0) is 130 Å². The van der Waals surface area contributed by atoms with E-state index in [9.17, 15) is 23.5 Å². The fraction of sp³-hybridized carbons (Fsp3) is 0.483. The Morgan fingerprint density at radius 3 is 2.43 bits per heavy atom. The number of aromatic nitrogens is 3. The molecular formula is C60H76FN9O8S. The number of nitrogens with zero attached hydrogens (tertiary/aromatic N) is 5. The second-order valence-corrected chi connectivity index (χ2v) is 24.8. The number of methoxy groups -OCH3 is 1. The van der Waals surface area contributed by atoms with Crippen LogP contribution in [0.5, 0.6) is 23.1 Å². The van der Waals surface area contributed by atoms with Gasteiger partial charge < -0.3 is 44.8 Å². The molecule has 0 bridgehead atoms. The lowest BCUT2D eigenvalue weighted by Gasteiger charge is -2.59. The van der Waals surface area contributed by atoms with Gasteiger partial charge in [0, 0.05) is 87.5 Å². The van der Waals surface area contributed by atoms with Crippen molar-refractivity contribution < 1.29 is 42.0 Å². The zero-order chi connectivity index (χ0) is 55.8. The summed E-state index contributed by atoms with van der Waals surface area (Å²) < 4.78 is 63.1. The van der Waals surface area contributed by atoms with E-state index < -0.39 is 32.4 Å². The van der Waals surface area contributed by atoms with Gasteiger partial charge in [0.2, 0.25) is 0 Å². The third-order valence-electron chi connectivity index (χ3n) is 17.2. The highest BCUT2D eigenvalue weighted by Crippen LogP contribution is 2.54. The van der Waals surface area contributed by atoms with E-state index in [1.165, 1.54) is 48.1 Å². The first-order valence-electron chi connectivity index (χ1n) is 27.9. The number of amides is 1. The van der Waals surface area contributed by atoms with Gasteiger partial charge >= 0.3 is 0 Å². The normalized spacial score (nSPS) is 22.4. The summed E-state index contributed by atoms with van der Waals surface area (Å²) in [4.78, 5) is 33.3. The molecule has 19 heteroatoms. The number of piperazine rings is 1. The number of carbonyl (C=O) groups excluding carboxylic acids is 1. The lowest BCUT2D eigenvalue weighted by molar-refractivity contribution is -0.751. The van der Waals surface area contributed by atoms with Crippen LogP contribution >= 0.6 is 0 Å². The van der Waals surface area contributed by atoms with Gasteiger partial charge in [0.05, 0.1) is 43.5 Å². The van der Waals surface area contributed by atoms with Crippen LogP contribution in [0, 0.1) is 22.4 Å². The van der Waals surface area contributed by atoms with Crippen molar-refractivity contribution in [3.05, 3.63) is 125 Å². The number of pyridine rings is 2. The molecule has 1 spiro atoms. The van der Waals surface area contributed by atoms with Crippen molar-refractivity contribution in [3.8, 4) is 23.1 Å². The van der Waals surface area contributed by atoms with Gasteiger partial charge in [-0.3, -0.25) is 14.6 Å². The number of rotatable bonds is 18. The van der Waals surface area contributed by atoms with Gasteiger partial charge in [-0.25, -0.2) is 22.5 Å². The SMILES string of the molecule is CCOc1nc2[nH]cc(F)c2cc1Oc1cc(N2CCC3(CC2)CC(N2CC(C)N(Cc4ccc(OC)cc4)CC2c2ccccc2C(C)C)C3)ccc1C(=O)NS(=O)(=O)c1cnc(NCC2CCC(C)(O)CC2)c([NH+](C)[O-])c1. The number of sulfonamides is 1. The number of anilines is 2. The van der Waals surface area contributed by atoms with E-state index in [1.54, 1.807) is 26.2 Å². The first-order valence-corrected chi connectivity index (χ1v) is 29.4. The summed E-state index contributed by atoms with van der Waals surface area (Å²) in [6, 6.07) is 26.1. The fourth-order valence-electron chi connectivity index (χ4n) is 12.5. The van der Waals surface area contributed by atoms with Crippen molar-refractivity contribution in [2.24, 2.45) is 11.3 Å². The first kappa shape index (κ1) is 55.9. The molecule has 3 atom stereocenters. The molecule has 2 aliphatic heterocycles. The van der Waals surface area contributed by atoms with Gasteiger partial charge in [0.25, 0.3) is 21.8 Å². The van der Waals surface area contributed by atoms with Crippen LogP contribution in [0.3, 0.4) is 0 Å². The molecule has 3 unspecified atom stereocenters. The maximum Gasteiger partial charge on any atom is 0.268 e. The Morgan fingerprint density at radius 2 is 1.73 bits per heavy atom. The summed E-state index contributed by atoms with van der Waals surface area (Å²) in [5, 5.41) is 26.3. The number of benzene rings is 3. The molecule has 10 rings (SSSR count). The Hall–Kier alpha value is -6.35. The highest BCUT2D eigenvalue weighted by Gasteiger charge is 2.51. The standard InChI is InChI=1S/C60H76FN9O8S/c1-8-77-58-54(29-49-50(61)34-64-55(49)65-58)78-53-27-42(15-18-48(53)57(71)66-79(74,75)45-28-51(67(6)73)56(63-33-45)62-32-40-19-21-59(5,72)22-20-40)68-25-23-60(24-26-68)30-43(31-60)70-35-39(4)69(36-41-13-16-44(76-7)17-14-41)37-52(70)47-12-10-9-11-46(47)38(2)3/h9-18,27-29,33-34,38-40,43,52,67,72H,8,19-26,30-32,35-37H2,1-7H3,(H,62,63)(H,64,65)(H,66,71). The number of carbonyl (C=O) groups is 1. The molecule has 3 aromatic heterocycles. The summed E-state index contributed by atoms with van der Waals surface area (Å²) in [5.74, 6) is 0.259. The van der Waals surface area contributed by atoms with Gasteiger partial charge in [-0.15, -0.1) is 0 Å². The lowest BCUT2D eigenvalue weighted by atomic mass is 9.59. The van der Waals surface area contributed by atoms with E-state index in [-0.39, 0.29) is 74.4 Å². The van der Waals surface area contributed by atoms with Crippen LogP contribution in [0.25, 0.3) is 11.0 Å². The van der Waals surface area contributed by atoms with Crippen LogP contribution < -0.4 is 34.2 Å². The molecule has 1 amide bonds. The number of ether oxygens (including phenoxy) is 3. The van der Waals surface area contributed by atoms with Crippen molar-refractivity contribution >= 4 is 44.2 Å². The summed E-state index contributed by atoms with van der Waals surface area (Å²) >= 11 is 0. The summed E-state index contributed by atoms with van der Waals surface area (Å²) in [5.41, 5.74) is 4.52. The third-order valence-corrected chi connectivity index (χ3v) is 18.5. The molecule has 5 N–H and O–H groups in total. The van der Waals surface area contributed by atoms with E-state index in [4.69, 9.17) is 14.2 Å². The molecule has 79 heavy (non-hydrogen) atoms. The molecule has 422 valence electrons. The molecule has 4 fully saturated rings. The van der Waals surface area contributed by atoms with Gasteiger partial charge in [-0.2, -0.15) is 4.98 Å². The summed E-state index contributed by atoms with van der Waals surface area (Å²) in [7, 11) is -1.57. The molecule has 0 radical (unpaired) electrons. The monoisotopic (exact) mass is 1100 g/mol. The zero-order valence-corrected chi connectivity index (χ0v) is 47.3. The predicted molar refractivity (Wildman–Crippen MR) is 303 cm³/mol. The van der Waals surface area contributed by atoms with E-state index in [1.807, 2.05) is 19.1 Å². The minimum absolute atomic E-state index is 0.00605. The maximum atomic E-state index is 15.0. The highest BCUT2D eigenvalue weighted by atomic mass is 32.2. The summed E-state index contributed by atoms with van der Waals surface area (Å²) in [6.45, 7) is 15.5. The van der Waals surface area contributed by atoms with E-state index in [0.29, 0.717) is 37.4 Å². The maximum absolute atomic E-state index is 15.0. The minimum atomic E-state index is -4.60. The molecule has 17 nitrogen and oxygen atoms in total. The Bertz CT molecular complexity index is 3240. The molecule has 6 aromatic rings. The first-order chi connectivity index (χ1) is 37.8. The van der Waals surface area contributed by atoms with Crippen LogP contribution in [0.1, 0.15) is 125 Å². The Kier molecular flexibility index (Phi) is 16.3. The number of aromatic amines is 1. The van der Waals surface area contributed by atoms with E-state index >= 15 is 4.39 Å². The second-order valence-electron chi connectivity index (χ2n) is 23.1. The number of fused-ring (bicyclic) bond motifs is 1. The number of quaternary nitrogens is 1. The number of hydrogen-bond acceptors (Lipinski definition) is 14. The van der Waals surface area contributed by atoms with E-state index in [0.717, 1.165) is 88.9 Å². The van der Waals surface area contributed by atoms with Crippen molar-refractivity contribution in [2.75, 3.05) is 63.7 Å². The Balaban J connectivity index is 0.868. The summed E-state index contributed by atoms with van der Waals surface area (Å²) in [6.07, 6.45) is 9.35. The van der Waals surface area contributed by atoms with Crippen LogP contribution in [0.15, 0.2) is 96.2 Å². The second kappa shape index (κ2) is 23.0. The highest BCUT2D eigenvalue weighted by molar-refractivity contribution is 7.90. The van der Waals surface area contributed by atoms with Crippen LogP contribution in [-0.2, 0) is 16.6 Å². The smallest absolute Gasteiger partial charge is 0.268 e. The van der Waals surface area contributed by atoms with E-state index in [2.05, 4.69) is 96.9 Å². The topological polar surface area (TPSA) is 202 Å². The van der Waals surface area contributed by atoms with Crippen molar-refractivity contribution in [1.82, 2.24) is 29.5 Å². The van der Waals surface area contributed by atoms with Crippen LogP contribution in [-0.4, -0.2) is 115 Å². The molecular weight excluding hydrogens is 1030 g/mol. The quantitative estimate of drug-likeness (QED) is 0.0510. The molecule has 4 aliphatic rings. The number of hydroxylamine groups is 1. The van der Waals surface area contributed by atoms with Crippen molar-refractivity contribution in [2.45, 2.75) is 127 Å². The van der Waals surface area contributed by atoms with Crippen molar-refractivity contribution in [3.63, 3.8) is 0 Å². The Morgan fingerprint density at radius 1 is 1.00 bits per heavy atom. The average Bonchev–Trinajstić information content (AvgIpc) is 3.98. The van der Waals surface area contributed by atoms with Crippen LogP contribution in [0.4, 0.5) is 21.6 Å². The van der Waals surface area contributed by atoms with Crippen LogP contribution in [0.2, 0.25) is 0 Å². The molecule has 2 saturated heterocycles. The number of H-pyrrole nitrogens is 1. The number of aliphatic hydroxyl groups is 1. The average molecular weight is 1100 g/mol. The lowest BCUT2D eigenvalue weighted by Crippen LogP contribution is -2.98. The largest absolute Gasteiger partial charge is 0.629 e. The van der Waals surface area contributed by atoms with Crippen molar-refractivity contribution in [1.29, 1.82) is 0 Å². The van der Waals surface area contributed by atoms with Gasteiger partial charge in [-0.1, -0.05) is 50.2 Å². The molecule has 3 aromatic carbocycles. The molecule has 5 heterocycles.